The van der Waals surface area contributed by atoms with E-state index in [1.165, 1.54) is 0 Å². The van der Waals surface area contributed by atoms with Gasteiger partial charge in [-0.3, -0.25) is 0 Å². The van der Waals surface area contributed by atoms with E-state index in [0.29, 0.717) is 5.89 Å². The van der Waals surface area contributed by atoms with E-state index in [2.05, 4.69) is 20.9 Å². The van der Waals surface area contributed by atoms with Gasteiger partial charge in [-0.05, 0) is 26.0 Å². The number of aromatic nitrogens is 1. The molecule has 1 aromatic carbocycles. The summed E-state index contributed by atoms with van der Waals surface area (Å²) in [6.07, 6.45) is 0. The van der Waals surface area contributed by atoms with Crippen molar-refractivity contribution in [2.45, 2.75) is 19.2 Å². The van der Waals surface area contributed by atoms with Crippen LogP contribution in [-0.2, 0) is 0 Å². The number of oxazole rings is 1. The number of nitrogens with zero attached hydrogens (tertiary/aromatic N) is 1. The van der Waals surface area contributed by atoms with Crippen LogP contribution in [0.25, 0.3) is 11.3 Å². The predicted molar refractivity (Wildman–Crippen MR) is 68.6 cm³/mol. The second-order valence-corrected chi connectivity index (χ2v) is 5.16. The van der Waals surface area contributed by atoms with Crippen molar-refractivity contribution in [3.8, 4) is 11.3 Å². The number of rotatable bonds is 2. The van der Waals surface area contributed by atoms with Crippen LogP contribution in [0.15, 0.2) is 33.2 Å². The maximum absolute atomic E-state index is 5.94. The highest BCUT2D eigenvalue weighted by atomic mass is 79.9. The summed E-state index contributed by atoms with van der Waals surface area (Å²) in [5, 5.41) is -0.209. The molecule has 0 saturated heterocycles. The number of hydrogen-bond acceptors (Lipinski definition) is 2. The molecule has 16 heavy (non-hydrogen) atoms. The summed E-state index contributed by atoms with van der Waals surface area (Å²) in [6.45, 7) is 3.76. The normalized spacial score (nSPS) is 12.8. The fraction of sp³-hybridized carbons (Fsp3) is 0.250. The van der Waals surface area contributed by atoms with Crippen LogP contribution in [0.1, 0.15) is 23.9 Å². The van der Waals surface area contributed by atoms with Gasteiger partial charge in [0.2, 0.25) is 5.89 Å². The number of halogens is 2. The van der Waals surface area contributed by atoms with E-state index in [-0.39, 0.29) is 5.38 Å². The van der Waals surface area contributed by atoms with E-state index in [4.69, 9.17) is 16.0 Å². The van der Waals surface area contributed by atoms with Gasteiger partial charge in [-0.2, -0.15) is 0 Å². The van der Waals surface area contributed by atoms with Crippen LogP contribution < -0.4 is 0 Å². The highest BCUT2D eigenvalue weighted by Crippen LogP contribution is 2.30. The Kier molecular flexibility index (Phi) is 3.36. The van der Waals surface area contributed by atoms with Crippen molar-refractivity contribution >= 4 is 27.5 Å². The van der Waals surface area contributed by atoms with Crippen LogP contribution >= 0.6 is 27.5 Å². The molecule has 0 fully saturated rings. The largest absolute Gasteiger partial charge is 0.439 e. The lowest BCUT2D eigenvalue weighted by Crippen LogP contribution is -1.82. The molecule has 1 unspecified atom stereocenters. The van der Waals surface area contributed by atoms with Gasteiger partial charge in [0, 0.05) is 10.0 Å². The monoisotopic (exact) mass is 299 g/mol. The summed E-state index contributed by atoms with van der Waals surface area (Å²) in [6, 6.07) is 7.92. The Labute approximate surface area is 108 Å². The Morgan fingerprint density at radius 2 is 2.19 bits per heavy atom. The second-order valence-electron chi connectivity index (χ2n) is 3.59. The summed E-state index contributed by atoms with van der Waals surface area (Å²) in [5.41, 5.74) is 1.86. The van der Waals surface area contributed by atoms with Crippen molar-refractivity contribution in [3.05, 3.63) is 40.3 Å². The van der Waals surface area contributed by atoms with E-state index in [0.717, 1.165) is 21.5 Å². The van der Waals surface area contributed by atoms with Crippen molar-refractivity contribution < 1.29 is 4.42 Å². The number of benzene rings is 1. The van der Waals surface area contributed by atoms with Gasteiger partial charge >= 0.3 is 0 Å². The lowest BCUT2D eigenvalue weighted by atomic mass is 10.1. The average Bonchev–Trinajstić information content (AvgIpc) is 2.60. The topological polar surface area (TPSA) is 26.0 Å². The molecule has 2 rings (SSSR count). The number of alkyl halides is 1. The molecule has 0 saturated carbocycles. The van der Waals surface area contributed by atoms with Crippen molar-refractivity contribution in [2.24, 2.45) is 0 Å². The maximum Gasteiger partial charge on any atom is 0.212 e. The first kappa shape index (κ1) is 11.7. The number of hydrogen-bond donors (Lipinski definition) is 0. The third-order valence-electron chi connectivity index (χ3n) is 2.24. The van der Waals surface area contributed by atoms with Gasteiger partial charge in [-0.15, -0.1) is 11.6 Å². The standard InChI is InChI=1S/C12H11BrClNO/c1-7(14)12-15-8(2)11(16-12)9-4-3-5-10(13)6-9/h3-7H,1-2H3. The molecule has 2 nitrogen and oxygen atoms in total. The third-order valence-corrected chi connectivity index (χ3v) is 2.92. The van der Waals surface area contributed by atoms with Gasteiger partial charge in [-0.1, -0.05) is 28.1 Å². The predicted octanol–water partition coefficient (Wildman–Crippen LogP) is 4.71. The fourth-order valence-corrected chi connectivity index (χ4v) is 1.98. The molecule has 4 heteroatoms. The molecule has 2 aromatic rings. The highest BCUT2D eigenvalue weighted by molar-refractivity contribution is 9.10. The fourth-order valence-electron chi connectivity index (χ4n) is 1.48. The van der Waals surface area contributed by atoms with Crippen LogP contribution in [0.5, 0.6) is 0 Å². The molecule has 0 spiro atoms. The van der Waals surface area contributed by atoms with Crippen LogP contribution in [0, 0.1) is 6.92 Å². The molecule has 0 N–H and O–H groups in total. The minimum absolute atomic E-state index is 0.209. The first-order chi connectivity index (χ1) is 7.58. The van der Waals surface area contributed by atoms with Crippen molar-refractivity contribution in [1.82, 2.24) is 4.98 Å². The quantitative estimate of drug-likeness (QED) is 0.751. The van der Waals surface area contributed by atoms with Gasteiger partial charge in [-0.25, -0.2) is 4.98 Å². The SMILES string of the molecule is Cc1nc(C(C)Cl)oc1-c1cccc(Br)c1. The van der Waals surface area contributed by atoms with E-state index in [9.17, 15) is 0 Å². The Bertz CT molecular complexity index is 507. The van der Waals surface area contributed by atoms with E-state index >= 15 is 0 Å². The Hall–Kier alpha value is -0.800. The molecule has 1 atom stereocenters. The van der Waals surface area contributed by atoms with Crippen LogP contribution in [0.3, 0.4) is 0 Å². The van der Waals surface area contributed by atoms with Gasteiger partial charge in [0.15, 0.2) is 5.76 Å². The minimum Gasteiger partial charge on any atom is -0.439 e. The molecule has 1 aromatic heterocycles. The highest BCUT2D eigenvalue weighted by Gasteiger charge is 2.14. The van der Waals surface area contributed by atoms with Gasteiger partial charge in [0.05, 0.1) is 5.69 Å². The van der Waals surface area contributed by atoms with E-state index in [1.54, 1.807) is 0 Å². The Morgan fingerprint density at radius 1 is 1.44 bits per heavy atom. The molecular formula is C12H11BrClNO. The molecular weight excluding hydrogens is 289 g/mol. The van der Waals surface area contributed by atoms with Gasteiger partial charge in [0.25, 0.3) is 0 Å². The minimum atomic E-state index is -0.209. The van der Waals surface area contributed by atoms with E-state index in [1.807, 2.05) is 38.1 Å². The number of aryl methyl sites for hydroxylation is 1. The zero-order chi connectivity index (χ0) is 11.7. The summed E-state index contributed by atoms with van der Waals surface area (Å²) >= 11 is 9.37. The lowest BCUT2D eigenvalue weighted by molar-refractivity contribution is 0.508. The van der Waals surface area contributed by atoms with Gasteiger partial charge in [0.1, 0.15) is 5.38 Å². The Balaban J connectivity index is 2.48. The van der Waals surface area contributed by atoms with E-state index < -0.39 is 0 Å². The molecule has 0 bridgehead atoms. The summed E-state index contributed by atoms with van der Waals surface area (Å²) in [5.74, 6) is 1.35. The third kappa shape index (κ3) is 2.30. The smallest absolute Gasteiger partial charge is 0.212 e. The van der Waals surface area contributed by atoms with Crippen molar-refractivity contribution in [1.29, 1.82) is 0 Å². The zero-order valence-corrected chi connectivity index (χ0v) is 11.3. The first-order valence-corrected chi connectivity index (χ1v) is 6.18. The molecule has 0 aliphatic heterocycles. The summed E-state index contributed by atoms with van der Waals surface area (Å²) in [4.78, 5) is 4.30. The second kappa shape index (κ2) is 4.60. The molecule has 0 amide bonds. The van der Waals surface area contributed by atoms with Crippen molar-refractivity contribution in [2.75, 3.05) is 0 Å². The first-order valence-electron chi connectivity index (χ1n) is 4.95. The Morgan fingerprint density at radius 3 is 2.75 bits per heavy atom. The van der Waals surface area contributed by atoms with Gasteiger partial charge < -0.3 is 4.42 Å². The summed E-state index contributed by atoms with van der Waals surface area (Å²) in [7, 11) is 0. The average molecular weight is 301 g/mol. The molecule has 0 aliphatic rings. The maximum atomic E-state index is 5.94. The summed E-state index contributed by atoms with van der Waals surface area (Å²) < 4.78 is 6.67. The zero-order valence-electron chi connectivity index (χ0n) is 9.00. The molecule has 84 valence electrons. The lowest BCUT2D eigenvalue weighted by Gasteiger charge is -1.98. The van der Waals surface area contributed by atoms with Crippen LogP contribution in [-0.4, -0.2) is 4.98 Å². The van der Waals surface area contributed by atoms with Crippen molar-refractivity contribution in [3.63, 3.8) is 0 Å². The van der Waals surface area contributed by atoms with Crippen LogP contribution in [0.4, 0.5) is 0 Å². The van der Waals surface area contributed by atoms with Crippen LogP contribution in [0.2, 0.25) is 0 Å². The molecule has 1 heterocycles. The molecule has 0 radical (unpaired) electrons. The molecule has 0 aliphatic carbocycles.